The second kappa shape index (κ2) is 7.99. The molecule has 2 aromatic rings. The van der Waals surface area contributed by atoms with Crippen molar-refractivity contribution in [2.45, 2.75) is 44.4 Å². The Morgan fingerprint density at radius 2 is 1.76 bits per heavy atom. The summed E-state index contributed by atoms with van der Waals surface area (Å²) in [7, 11) is 0. The summed E-state index contributed by atoms with van der Waals surface area (Å²) in [6.45, 7) is 1.64. The van der Waals surface area contributed by atoms with E-state index in [1.54, 1.807) is 25.1 Å². The summed E-state index contributed by atoms with van der Waals surface area (Å²) in [5.74, 6) is 0.188. The molecular formula is C23H24N2O4. The Bertz CT molecular complexity index is 933. The first kappa shape index (κ1) is 19.1. The average Bonchev–Trinajstić information content (AvgIpc) is 3.32. The van der Waals surface area contributed by atoms with Gasteiger partial charge in [0.1, 0.15) is 6.04 Å². The van der Waals surface area contributed by atoms with Gasteiger partial charge in [-0.15, -0.1) is 0 Å². The van der Waals surface area contributed by atoms with Crippen LogP contribution in [0.2, 0.25) is 0 Å². The Morgan fingerprint density at radius 3 is 2.52 bits per heavy atom. The zero-order valence-corrected chi connectivity index (χ0v) is 16.3. The van der Waals surface area contributed by atoms with Crippen LogP contribution < -0.4 is 20.1 Å². The highest BCUT2D eigenvalue weighted by molar-refractivity contribution is 6.00. The van der Waals surface area contributed by atoms with Crippen LogP contribution in [0.5, 0.6) is 11.5 Å². The van der Waals surface area contributed by atoms with E-state index in [0.29, 0.717) is 17.2 Å². The molecule has 0 aromatic heterocycles. The first-order chi connectivity index (χ1) is 14.0. The summed E-state index contributed by atoms with van der Waals surface area (Å²) in [5, 5.41) is 5.48. The monoisotopic (exact) mass is 392 g/mol. The number of anilines is 1. The van der Waals surface area contributed by atoms with Crippen LogP contribution in [0.3, 0.4) is 0 Å². The van der Waals surface area contributed by atoms with Gasteiger partial charge in [-0.3, -0.25) is 9.59 Å². The minimum Gasteiger partial charge on any atom is -0.448 e. The second-order valence-electron chi connectivity index (χ2n) is 7.45. The molecule has 6 nitrogen and oxygen atoms in total. The molecule has 1 aliphatic carbocycles. The molecule has 29 heavy (non-hydrogen) atoms. The van der Waals surface area contributed by atoms with Gasteiger partial charge in [0.25, 0.3) is 5.79 Å². The largest absolute Gasteiger partial charge is 0.448 e. The molecule has 2 aliphatic rings. The standard InChI is InChI=1S/C23H24N2O4/c1-16(24-21(26)12-9-17-7-3-2-4-8-17)22(27)25-18-10-11-19-20(15-18)29-23(28-19)13-5-6-14-23/h2-4,7-12,15-16H,5-6,13-14H2,1H3,(H,24,26)(H,25,27)/b12-9+. The number of amides is 2. The van der Waals surface area contributed by atoms with Gasteiger partial charge in [-0.05, 0) is 43.5 Å². The van der Waals surface area contributed by atoms with Crippen LogP contribution in [0.25, 0.3) is 6.08 Å². The average molecular weight is 392 g/mol. The minimum absolute atomic E-state index is 0.305. The molecule has 1 aliphatic heterocycles. The summed E-state index contributed by atoms with van der Waals surface area (Å²) in [6, 6.07) is 14.2. The van der Waals surface area contributed by atoms with E-state index in [2.05, 4.69) is 10.6 Å². The lowest BCUT2D eigenvalue weighted by Crippen LogP contribution is -2.40. The minimum atomic E-state index is -0.686. The SMILES string of the molecule is CC(NC(=O)/C=C/c1ccccc1)C(=O)Nc1ccc2c(c1)OC1(CCCC1)O2. The van der Waals surface area contributed by atoms with Crippen LogP contribution in [0.15, 0.2) is 54.6 Å². The van der Waals surface area contributed by atoms with Gasteiger partial charge >= 0.3 is 0 Å². The number of carbonyl (C=O) groups excluding carboxylic acids is 2. The van der Waals surface area contributed by atoms with E-state index in [-0.39, 0.29) is 11.8 Å². The quantitative estimate of drug-likeness (QED) is 0.757. The zero-order valence-electron chi connectivity index (χ0n) is 16.3. The molecule has 1 unspecified atom stereocenters. The third-order valence-corrected chi connectivity index (χ3v) is 5.15. The molecule has 2 N–H and O–H groups in total. The van der Waals surface area contributed by atoms with E-state index in [0.717, 1.165) is 31.2 Å². The van der Waals surface area contributed by atoms with Crippen molar-refractivity contribution in [1.82, 2.24) is 5.32 Å². The molecular weight excluding hydrogens is 368 g/mol. The van der Waals surface area contributed by atoms with E-state index in [4.69, 9.17) is 9.47 Å². The van der Waals surface area contributed by atoms with E-state index in [9.17, 15) is 9.59 Å². The maximum atomic E-state index is 12.5. The normalized spacial score (nSPS) is 17.4. The Balaban J connectivity index is 1.32. The molecule has 2 amide bonds. The topological polar surface area (TPSA) is 76.7 Å². The molecule has 0 bridgehead atoms. The number of nitrogens with one attached hydrogen (secondary N) is 2. The van der Waals surface area contributed by atoms with Crippen molar-refractivity contribution in [1.29, 1.82) is 0 Å². The number of carbonyl (C=O) groups is 2. The first-order valence-electron chi connectivity index (χ1n) is 9.90. The van der Waals surface area contributed by atoms with Gasteiger partial charge in [0.05, 0.1) is 0 Å². The van der Waals surface area contributed by atoms with Gasteiger partial charge in [0, 0.05) is 30.7 Å². The van der Waals surface area contributed by atoms with Gasteiger partial charge in [-0.25, -0.2) is 0 Å². The Morgan fingerprint density at radius 1 is 1.03 bits per heavy atom. The second-order valence-corrected chi connectivity index (χ2v) is 7.45. The van der Waals surface area contributed by atoms with Gasteiger partial charge in [-0.1, -0.05) is 30.3 Å². The number of ether oxygens (including phenoxy) is 2. The van der Waals surface area contributed by atoms with Gasteiger partial charge in [0.15, 0.2) is 11.5 Å². The fourth-order valence-electron chi connectivity index (χ4n) is 3.60. The number of hydrogen-bond acceptors (Lipinski definition) is 4. The third-order valence-electron chi connectivity index (χ3n) is 5.15. The Hall–Kier alpha value is -3.28. The van der Waals surface area contributed by atoms with Crippen molar-refractivity contribution in [3.05, 3.63) is 60.2 Å². The van der Waals surface area contributed by atoms with E-state index in [1.165, 1.54) is 6.08 Å². The molecule has 0 saturated heterocycles. The molecule has 1 fully saturated rings. The van der Waals surface area contributed by atoms with Crippen molar-refractivity contribution >= 4 is 23.6 Å². The number of benzene rings is 2. The molecule has 1 atom stereocenters. The third kappa shape index (κ3) is 4.42. The van der Waals surface area contributed by atoms with Crippen molar-refractivity contribution in [3.63, 3.8) is 0 Å². The highest BCUT2D eigenvalue weighted by Crippen LogP contribution is 2.47. The summed E-state index contributed by atoms with van der Waals surface area (Å²) in [5.41, 5.74) is 1.52. The maximum Gasteiger partial charge on any atom is 0.251 e. The van der Waals surface area contributed by atoms with Crippen LogP contribution in [0, 0.1) is 0 Å². The number of fused-ring (bicyclic) bond motifs is 1. The number of hydrogen-bond donors (Lipinski definition) is 2. The Labute approximate surface area is 169 Å². The summed E-state index contributed by atoms with van der Waals surface area (Å²) in [4.78, 5) is 24.5. The van der Waals surface area contributed by atoms with Crippen molar-refractivity contribution in [2.24, 2.45) is 0 Å². The highest BCUT2D eigenvalue weighted by Gasteiger charge is 2.44. The van der Waals surface area contributed by atoms with Crippen LogP contribution in [-0.2, 0) is 9.59 Å². The van der Waals surface area contributed by atoms with Gasteiger partial charge in [-0.2, -0.15) is 0 Å². The van der Waals surface area contributed by atoms with Crippen molar-refractivity contribution < 1.29 is 19.1 Å². The predicted molar refractivity (Wildman–Crippen MR) is 111 cm³/mol. The van der Waals surface area contributed by atoms with E-state index < -0.39 is 11.8 Å². The first-order valence-corrected chi connectivity index (χ1v) is 9.90. The summed E-state index contributed by atoms with van der Waals surface area (Å²) < 4.78 is 12.0. The summed E-state index contributed by atoms with van der Waals surface area (Å²) >= 11 is 0. The Kier molecular flexibility index (Phi) is 5.25. The molecule has 6 heteroatoms. The number of rotatable bonds is 5. The van der Waals surface area contributed by atoms with E-state index in [1.807, 2.05) is 36.4 Å². The highest BCUT2D eigenvalue weighted by atomic mass is 16.7. The molecule has 1 saturated carbocycles. The zero-order chi connectivity index (χ0) is 20.3. The molecule has 2 aromatic carbocycles. The van der Waals surface area contributed by atoms with E-state index >= 15 is 0 Å². The van der Waals surface area contributed by atoms with Crippen molar-refractivity contribution in [2.75, 3.05) is 5.32 Å². The lowest BCUT2D eigenvalue weighted by atomic mass is 10.2. The molecule has 1 heterocycles. The van der Waals surface area contributed by atoms with Gasteiger partial charge < -0.3 is 20.1 Å². The lowest BCUT2D eigenvalue weighted by molar-refractivity contribution is -0.123. The summed E-state index contributed by atoms with van der Waals surface area (Å²) in [6.07, 6.45) is 7.06. The molecule has 0 radical (unpaired) electrons. The van der Waals surface area contributed by atoms with Gasteiger partial charge in [0.2, 0.25) is 11.8 Å². The van der Waals surface area contributed by atoms with Crippen LogP contribution in [-0.4, -0.2) is 23.6 Å². The van der Waals surface area contributed by atoms with Crippen molar-refractivity contribution in [3.8, 4) is 11.5 Å². The predicted octanol–water partition coefficient (Wildman–Crippen LogP) is 3.88. The fourth-order valence-corrected chi connectivity index (χ4v) is 3.60. The molecule has 1 spiro atoms. The lowest BCUT2D eigenvalue weighted by Gasteiger charge is -2.21. The van der Waals surface area contributed by atoms with Crippen LogP contribution >= 0.6 is 0 Å². The fraction of sp³-hybridized carbons (Fsp3) is 0.304. The smallest absolute Gasteiger partial charge is 0.251 e. The maximum absolute atomic E-state index is 12.5. The van der Waals surface area contributed by atoms with Crippen LogP contribution in [0.4, 0.5) is 5.69 Å². The molecule has 4 rings (SSSR count). The van der Waals surface area contributed by atoms with Crippen LogP contribution in [0.1, 0.15) is 38.2 Å². The molecule has 150 valence electrons.